The number of aromatic nitrogens is 2. The monoisotopic (exact) mass is 401 g/mol. The van der Waals surface area contributed by atoms with E-state index in [4.69, 9.17) is 5.84 Å². The third-order valence-corrected chi connectivity index (χ3v) is 5.85. The smallest absolute Gasteiger partial charge is 0.286 e. The van der Waals surface area contributed by atoms with Crippen LogP contribution in [0, 0.1) is 23.7 Å². The molecule has 154 valence electrons. The lowest BCUT2D eigenvalue weighted by atomic mass is 9.86. The molecule has 2 aliphatic carbocycles. The summed E-state index contributed by atoms with van der Waals surface area (Å²) in [4.78, 5) is 30.6. The number of carbonyl (C=O) groups excluding carboxylic acids is 2. The van der Waals surface area contributed by atoms with Crippen molar-refractivity contribution in [3.63, 3.8) is 0 Å². The zero-order valence-corrected chi connectivity index (χ0v) is 15.0. The van der Waals surface area contributed by atoms with Gasteiger partial charge in [-0.25, -0.2) is 25.9 Å². The van der Waals surface area contributed by atoms with Gasteiger partial charge in [0.25, 0.3) is 0 Å². The quantitative estimate of drug-likeness (QED) is 0.238. The Morgan fingerprint density at radius 2 is 1.93 bits per heavy atom. The Labute approximate surface area is 159 Å². The number of nitrogens with two attached hydrogens (primary N) is 1. The van der Waals surface area contributed by atoms with Crippen LogP contribution in [-0.2, 0) is 15.8 Å². The number of hydroxylamine groups is 2. The molecule has 0 saturated heterocycles. The molecule has 28 heavy (non-hydrogen) atoms. The molecule has 3 N–H and O–H groups in total. The topological polar surface area (TPSA) is 113 Å². The van der Waals surface area contributed by atoms with Gasteiger partial charge in [0.1, 0.15) is 5.69 Å². The Morgan fingerprint density at radius 1 is 1.32 bits per heavy atom. The Hall–Kier alpha value is -2.27. The average Bonchev–Trinajstić information content (AvgIpc) is 3.24. The predicted octanol–water partition coefficient (Wildman–Crippen LogP) is 1.99. The van der Waals surface area contributed by atoms with Gasteiger partial charge < -0.3 is 0 Å². The highest BCUT2D eigenvalue weighted by atomic mass is 19.4. The van der Waals surface area contributed by atoms with Crippen LogP contribution in [0.2, 0.25) is 0 Å². The molecule has 0 radical (unpaired) electrons. The fourth-order valence-corrected chi connectivity index (χ4v) is 4.54. The zero-order valence-electron chi connectivity index (χ0n) is 15.0. The number of alkyl halides is 3. The molecule has 0 aromatic carbocycles. The molecule has 2 fully saturated rings. The summed E-state index contributed by atoms with van der Waals surface area (Å²) in [7, 11) is 0. The van der Waals surface area contributed by atoms with E-state index in [-0.39, 0.29) is 18.9 Å². The number of amides is 2. The number of hydrogen-bond donors (Lipinski definition) is 2. The fraction of sp³-hybridized carbons (Fsp3) is 0.647. The number of halogens is 3. The van der Waals surface area contributed by atoms with E-state index < -0.39 is 29.6 Å². The standard InChI is InChI=1S/C17H22F3N5O3/c18-17(19,20)14-5-6-22-16(23-14)25(21)15(27)12(8-24(28)9-26)7-13-10-1-2-11(13)4-3-10/h5-6,9-13,28H,1-4,7-8,21H2/t10?,11?,12-,13?/m0/s1. The second-order valence-electron chi connectivity index (χ2n) is 7.45. The molecule has 8 nitrogen and oxygen atoms in total. The highest BCUT2D eigenvalue weighted by Gasteiger charge is 2.44. The van der Waals surface area contributed by atoms with Crippen molar-refractivity contribution in [1.82, 2.24) is 15.0 Å². The highest BCUT2D eigenvalue weighted by Crippen LogP contribution is 2.51. The van der Waals surface area contributed by atoms with Gasteiger partial charge in [-0.15, -0.1) is 0 Å². The highest BCUT2D eigenvalue weighted by molar-refractivity contribution is 5.92. The molecular formula is C17H22F3N5O3. The molecule has 0 unspecified atom stereocenters. The largest absolute Gasteiger partial charge is 0.433 e. The van der Waals surface area contributed by atoms with Gasteiger partial charge in [-0.1, -0.05) is 0 Å². The van der Waals surface area contributed by atoms with Gasteiger partial charge in [-0.3, -0.25) is 14.8 Å². The maximum absolute atomic E-state index is 12.9. The molecule has 1 aromatic rings. The van der Waals surface area contributed by atoms with E-state index in [9.17, 15) is 28.0 Å². The summed E-state index contributed by atoms with van der Waals surface area (Å²) in [6.07, 6.45) is 1.05. The molecular weight excluding hydrogens is 379 g/mol. The van der Waals surface area contributed by atoms with Crippen LogP contribution >= 0.6 is 0 Å². The first-order valence-electron chi connectivity index (χ1n) is 9.10. The molecule has 2 saturated carbocycles. The lowest BCUT2D eigenvalue weighted by Gasteiger charge is -2.27. The van der Waals surface area contributed by atoms with Gasteiger partial charge in [0.15, 0.2) is 0 Å². The van der Waals surface area contributed by atoms with Crippen LogP contribution in [0.25, 0.3) is 0 Å². The van der Waals surface area contributed by atoms with Gasteiger partial charge in [0.2, 0.25) is 18.3 Å². The van der Waals surface area contributed by atoms with Crippen LogP contribution in [0.1, 0.15) is 37.8 Å². The first kappa shape index (κ1) is 20.5. The van der Waals surface area contributed by atoms with Gasteiger partial charge in [0, 0.05) is 6.20 Å². The second kappa shape index (κ2) is 8.00. The van der Waals surface area contributed by atoms with Crippen LogP contribution in [-0.4, -0.2) is 39.1 Å². The minimum Gasteiger partial charge on any atom is -0.286 e. The second-order valence-corrected chi connectivity index (χ2v) is 7.45. The summed E-state index contributed by atoms with van der Waals surface area (Å²) in [5.74, 6) is 4.77. The summed E-state index contributed by atoms with van der Waals surface area (Å²) in [6, 6.07) is 0.678. The van der Waals surface area contributed by atoms with Crippen molar-refractivity contribution < 1.29 is 28.0 Å². The van der Waals surface area contributed by atoms with Gasteiger partial charge >= 0.3 is 6.18 Å². The first-order chi connectivity index (χ1) is 13.2. The van der Waals surface area contributed by atoms with Crippen molar-refractivity contribution in [1.29, 1.82) is 0 Å². The van der Waals surface area contributed by atoms with E-state index in [0.717, 1.165) is 31.9 Å². The molecule has 0 aliphatic heterocycles. The van der Waals surface area contributed by atoms with E-state index in [1.54, 1.807) is 0 Å². The van der Waals surface area contributed by atoms with Crippen LogP contribution in [0.3, 0.4) is 0 Å². The average molecular weight is 401 g/mol. The molecule has 0 spiro atoms. The number of rotatable bonds is 7. The molecule has 11 heteroatoms. The molecule has 1 heterocycles. The van der Waals surface area contributed by atoms with Gasteiger partial charge in [-0.2, -0.15) is 13.2 Å². The third kappa shape index (κ3) is 4.25. The molecule has 2 bridgehead atoms. The normalized spacial score (nSPS) is 24.8. The van der Waals surface area contributed by atoms with E-state index in [0.29, 0.717) is 34.4 Å². The molecule has 2 aliphatic rings. The summed E-state index contributed by atoms with van der Waals surface area (Å²) >= 11 is 0. The summed E-state index contributed by atoms with van der Waals surface area (Å²) in [5, 5.41) is 10.4. The molecule has 1 aromatic heterocycles. The van der Waals surface area contributed by atoms with Crippen molar-refractivity contribution in [3.05, 3.63) is 18.0 Å². The van der Waals surface area contributed by atoms with Crippen molar-refractivity contribution >= 4 is 18.3 Å². The van der Waals surface area contributed by atoms with Crippen LogP contribution in [0.5, 0.6) is 0 Å². The Balaban J connectivity index is 1.79. The van der Waals surface area contributed by atoms with Crippen molar-refractivity contribution in [3.8, 4) is 0 Å². The molecule has 3 rings (SSSR count). The lowest BCUT2D eigenvalue weighted by molar-refractivity contribution is -0.154. The van der Waals surface area contributed by atoms with Gasteiger partial charge in [0.05, 0.1) is 12.5 Å². The number of hydrogen-bond acceptors (Lipinski definition) is 6. The van der Waals surface area contributed by atoms with E-state index >= 15 is 0 Å². The lowest BCUT2D eigenvalue weighted by Crippen LogP contribution is -2.46. The maximum Gasteiger partial charge on any atom is 0.433 e. The SMILES string of the molecule is NN(C(=O)[C@@H](CC1C2CCC1CC2)CN(O)C=O)c1nccc(C(F)(F)F)n1. The van der Waals surface area contributed by atoms with E-state index in [2.05, 4.69) is 9.97 Å². The molecule has 2 amide bonds. The Bertz CT molecular complexity index is 712. The molecule has 1 atom stereocenters. The summed E-state index contributed by atoms with van der Waals surface area (Å²) in [6.45, 7) is -0.301. The van der Waals surface area contributed by atoms with Crippen LogP contribution in [0.4, 0.5) is 19.1 Å². The number of nitrogens with zero attached hydrogens (tertiary/aromatic N) is 4. The Morgan fingerprint density at radius 3 is 2.46 bits per heavy atom. The summed E-state index contributed by atoms with van der Waals surface area (Å²) in [5.41, 5.74) is -1.22. The number of anilines is 1. The van der Waals surface area contributed by atoms with Crippen molar-refractivity contribution in [2.45, 2.75) is 38.3 Å². The minimum absolute atomic E-state index is 0.172. The first-order valence-corrected chi connectivity index (χ1v) is 9.10. The van der Waals surface area contributed by atoms with E-state index in [1.807, 2.05) is 0 Å². The van der Waals surface area contributed by atoms with Crippen LogP contribution in [0.15, 0.2) is 12.3 Å². The Kier molecular flexibility index (Phi) is 5.84. The zero-order chi connectivity index (χ0) is 20.5. The van der Waals surface area contributed by atoms with Crippen molar-refractivity contribution in [2.75, 3.05) is 11.6 Å². The maximum atomic E-state index is 12.9. The minimum atomic E-state index is -4.70. The fourth-order valence-electron chi connectivity index (χ4n) is 4.54. The van der Waals surface area contributed by atoms with Gasteiger partial charge in [-0.05, 0) is 55.9 Å². The predicted molar refractivity (Wildman–Crippen MR) is 90.3 cm³/mol. The third-order valence-electron chi connectivity index (χ3n) is 5.85. The number of hydrazine groups is 1. The number of fused-ring (bicyclic) bond motifs is 2. The number of carbonyl (C=O) groups is 2. The van der Waals surface area contributed by atoms with Crippen molar-refractivity contribution in [2.24, 2.45) is 29.5 Å². The van der Waals surface area contributed by atoms with E-state index in [1.165, 1.54) is 0 Å². The summed E-state index contributed by atoms with van der Waals surface area (Å²) < 4.78 is 38.6. The van der Waals surface area contributed by atoms with Crippen LogP contribution < -0.4 is 10.9 Å².